The molecule has 5 heteroatoms. The first-order chi connectivity index (χ1) is 14.7. The van der Waals surface area contributed by atoms with Crippen LogP contribution in [0.3, 0.4) is 0 Å². The average molecular weight is 391 g/mol. The number of aromatic nitrogens is 2. The predicted octanol–water partition coefficient (Wildman–Crippen LogP) is 6.47. The van der Waals surface area contributed by atoms with Gasteiger partial charge in [-0.2, -0.15) is 0 Å². The van der Waals surface area contributed by atoms with Crippen molar-refractivity contribution in [3.63, 3.8) is 0 Å². The number of nitro benzene ring substituents is 1. The van der Waals surface area contributed by atoms with E-state index in [1.165, 1.54) is 12.1 Å². The fourth-order valence-electron chi connectivity index (χ4n) is 3.69. The first-order valence-electron chi connectivity index (χ1n) is 9.59. The molecule has 0 spiro atoms. The molecule has 144 valence electrons. The van der Waals surface area contributed by atoms with Crippen molar-refractivity contribution in [2.45, 2.75) is 0 Å². The molecule has 1 aromatic heterocycles. The minimum Gasteiger partial charge on any atom is -0.337 e. The number of rotatable bonds is 4. The van der Waals surface area contributed by atoms with Crippen LogP contribution in [0.5, 0.6) is 0 Å². The summed E-state index contributed by atoms with van der Waals surface area (Å²) < 4.78 is 0. The Hall–Kier alpha value is -4.25. The third kappa shape index (κ3) is 3.12. The number of imidazole rings is 1. The van der Waals surface area contributed by atoms with Crippen LogP contribution in [0.2, 0.25) is 0 Å². The molecule has 0 bridgehead atoms. The quantitative estimate of drug-likeness (QED) is 0.282. The second-order valence-electron chi connectivity index (χ2n) is 7.01. The molecule has 5 aromatic rings. The molecule has 5 rings (SSSR count). The van der Waals surface area contributed by atoms with Crippen molar-refractivity contribution in [3.05, 3.63) is 107 Å². The molecule has 0 fully saturated rings. The summed E-state index contributed by atoms with van der Waals surface area (Å²) in [6.07, 6.45) is 0. The van der Waals surface area contributed by atoms with Gasteiger partial charge in [0.15, 0.2) is 0 Å². The van der Waals surface area contributed by atoms with E-state index in [-0.39, 0.29) is 5.69 Å². The van der Waals surface area contributed by atoms with Gasteiger partial charge in [-0.25, -0.2) is 4.98 Å². The molecule has 5 nitrogen and oxygen atoms in total. The topological polar surface area (TPSA) is 71.8 Å². The van der Waals surface area contributed by atoms with Crippen molar-refractivity contribution >= 4 is 16.5 Å². The van der Waals surface area contributed by atoms with Crippen LogP contribution in [0.1, 0.15) is 0 Å². The third-order valence-corrected chi connectivity index (χ3v) is 5.16. The summed E-state index contributed by atoms with van der Waals surface area (Å²) in [6, 6.07) is 30.9. The van der Waals surface area contributed by atoms with Gasteiger partial charge < -0.3 is 4.98 Å². The van der Waals surface area contributed by atoms with Gasteiger partial charge in [0.05, 0.1) is 16.3 Å². The summed E-state index contributed by atoms with van der Waals surface area (Å²) in [6.45, 7) is 0. The summed E-state index contributed by atoms with van der Waals surface area (Å²) in [4.78, 5) is 18.9. The van der Waals surface area contributed by atoms with E-state index in [4.69, 9.17) is 4.98 Å². The highest BCUT2D eigenvalue weighted by Crippen LogP contribution is 2.36. The zero-order valence-corrected chi connectivity index (χ0v) is 15.9. The zero-order chi connectivity index (χ0) is 20.5. The standard InChI is InChI=1S/C25H17N3O2/c29-28(30)20-15-13-19(14-16-20)25-26-23(18-8-2-1-3-9-18)24(27-25)22-12-6-10-17-7-4-5-11-21(17)22/h1-16H,(H,26,27). The third-order valence-electron chi connectivity index (χ3n) is 5.16. The fraction of sp³-hybridized carbons (Fsp3) is 0. The Kier molecular flexibility index (Phi) is 4.33. The Morgan fingerprint density at radius 1 is 0.733 bits per heavy atom. The number of non-ortho nitro benzene ring substituents is 1. The summed E-state index contributed by atoms with van der Waals surface area (Å²) in [5.41, 5.74) is 4.69. The molecule has 0 aliphatic carbocycles. The van der Waals surface area contributed by atoms with Gasteiger partial charge in [-0.05, 0) is 22.9 Å². The molecule has 4 aromatic carbocycles. The molecule has 30 heavy (non-hydrogen) atoms. The number of fused-ring (bicyclic) bond motifs is 1. The first-order valence-corrected chi connectivity index (χ1v) is 9.59. The molecular weight excluding hydrogens is 374 g/mol. The number of nitrogens with one attached hydrogen (secondary N) is 1. The lowest BCUT2D eigenvalue weighted by Crippen LogP contribution is -1.88. The first kappa shape index (κ1) is 17.8. The monoisotopic (exact) mass is 391 g/mol. The highest BCUT2D eigenvalue weighted by molar-refractivity contribution is 5.99. The number of nitro groups is 1. The number of hydrogen-bond donors (Lipinski definition) is 1. The van der Waals surface area contributed by atoms with Gasteiger partial charge in [-0.1, -0.05) is 72.8 Å². The van der Waals surface area contributed by atoms with Gasteiger partial charge >= 0.3 is 0 Å². The summed E-state index contributed by atoms with van der Waals surface area (Å²) >= 11 is 0. The molecule has 0 unspecified atom stereocenters. The van der Waals surface area contributed by atoms with Gasteiger partial charge in [0.2, 0.25) is 0 Å². The van der Waals surface area contributed by atoms with Crippen LogP contribution in [-0.4, -0.2) is 14.9 Å². The molecule has 0 aliphatic heterocycles. The number of benzene rings is 4. The fourth-order valence-corrected chi connectivity index (χ4v) is 3.69. The largest absolute Gasteiger partial charge is 0.337 e. The van der Waals surface area contributed by atoms with Crippen molar-refractivity contribution in [1.29, 1.82) is 0 Å². The normalized spacial score (nSPS) is 10.9. The maximum absolute atomic E-state index is 11.0. The van der Waals surface area contributed by atoms with Crippen LogP contribution < -0.4 is 0 Å². The zero-order valence-electron chi connectivity index (χ0n) is 15.9. The predicted molar refractivity (Wildman–Crippen MR) is 119 cm³/mol. The minimum absolute atomic E-state index is 0.0582. The van der Waals surface area contributed by atoms with E-state index < -0.39 is 4.92 Å². The number of hydrogen-bond acceptors (Lipinski definition) is 3. The molecule has 0 saturated carbocycles. The van der Waals surface area contributed by atoms with Crippen LogP contribution in [0, 0.1) is 10.1 Å². The lowest BCUT2D eigenvalue weighted by molar-refractivity contribution is -0.384. The Balaban J connectivity index is 1.72. The van der Waals surface area contributed by atoms with Crippen molar-refractivity contribution in [1.82, 2.24) is 9.97 Å². The van der Waals surface area contributed by atoms with E-state index in [2.05, 4.69) is 29.2 Å². The van der Waals surface area contributed by atoms with Crippen LogP contribution in [0.4, 0.5) is 5.69 Å². The van der Waals surface area contributed by atoms with Gasteiger partial charge in [0, 0.05) is 28.8 Å². The van der Waals surface area contributed by atoms with Crippen molar-refractivity contribution in [2.75, 3.05) is 0 Å². The number of H-pyrrole nitrogens is 1. The SMILES string of the molecule is O=[N+]([O-])c1ccc(-c2nc(-c3ccccc3)c(-c3cccc4ccccc34)[nH]2)cc1. The van der Waals surface area contributed by atoms with Gasteiger partial charge in [0.1, 0.15) is 5.82 Å². The lowest BCUT2D eigenvalue weighted by atomic mass is 9.99. The second-order valence-corrected chi connectivity index (χ2v) is 7.01. The van der Waals surface area contributed by atoms with Crippen LogP contribution in [0.25, 0.3) is 44.7 Å². The van der Waals surface area contributed by atoms with Crippen molar-refractivity contribution in [3.8, 4) is 33.9 Å². The molecule has 0 atom stereocenters. The summed E-state index contributed by atoms with van der Waals surface area (Å²) in [5, 5.41) is 13.3. The lowest BCUT2D eigenvalue weighted by Gasteiger charge is -2.07. The molecule has 0 radical (unpaired) electrons. The van der Waals surface area contributed by atoms with Crippen molar-refractivity contribution in [2.24, 2.45) is 0 Å². The van der Waals surface area contributed by atoms with E-state index in [9.17, 15) is 10.1 Å². The minimum atomic E-state index is -0.400. The van der Waals surface area contributed by atoms with Crippen LogP contribution in [-0.2, 0) is 0 Å². The molecule has 0 amide bonds. The maximum atomic E-state index is 11.0. The molecule has 0 aliphatic rings. The van der Waals surface area contributed by atoms with E-state index in [0.29, 0.717) is 5.82 Å². The summed E-state index contributed by atoms with van der Waals surface area (Å²) in [7, 11) is 0. The van der Waals surface area contributed by atoms with E-state index >= 15 is 0 Å². The highest BCUT2D eigenvalue weighted by atomic mass is 16.6. The summed E-state index contributed by atoms with van der Waals surface area (Å²) in [5.74, 6) is 0.673. The van der Waals surface area contributed by atoms with Gasteiger partial charge in [0.25, 0.3) is 5.69 Å². The average Bonchev–Trinajstić information content (AvgIpc) is 3.24. The highest BCUT2D eigenvalue weighted by Gasteiger charge is 2.17. The molecule has 0 saturated heterocycles. The maximum Gasteiger partial charge on any atom is 0.269 e. The number of aromatic amines is 1. The van der Waals surface area contributed by atoms with Crippen LogP contribution in [0.15, 0.2) is 97.1 Å². The second kappa shape index (κ2) is 7.29. The van der Waals surface area contributed by atoms with Gasteiger partial charge in [-0.15, -0.1) is 0 Å². The Morgan fingerprint density at radius 3 is 2.20 bits per heavy atom. The molecular formula is C25H17N3O2. The van der Waals surface area contributed by atoms with E-state index in [1.807, 2.05) is 48.5 Å². The van der Waals surface area contributed by atoms with Gasteiger partial charge in [-0.3, -0.25) is 10.1 Å². The van der Waals surface area contributed by atoms with E-state index in [1.54, 1.807) is 12.1 Å². The van der Waals surface area contributed by atoms with E-state index in [0.717, 1.165) is 38.9 Å². The Labute approximate surface area is 172 Å². The number of nitrogens with zero attached hydrogens (tertiary/aromatic N) is 2. The van der Waals surface area contributed by atoms with Crippen LogP contribution >= 0.6 is 0 Å². The Morgan fingerprint density at radius 2 is 1.43 bits per heavy atom. The molecule has 1 N–H and O–H groups in total. The smallest absolute Gasteiger partial charge is 0.269 e. The Bertz CT molecular complexity index is 1350. The van der Waals surface area contributed by atoms with Crippen molar-refractivity contribution < 1.29 is 4.92 Å². The molecule has 1 heterocycles.